The van der Waals surface area contributed by atoms with Crippen molar-refractivity contribution >= 4 is 27.8 Å². The average molecular weight is 326 g/mol. The van der Waals surface area contributed by atoms with E-state index in [-0.39, 0.29) is 10.9 Å². The lowest BCUT2D eigenvalue weighted by atomic mass is 10.1. The lowest BCUT2D eigenvalue weighted by Gasteiger charge is -2.32. The van der Waals surface area contributed by atoms with Gasteiger partial charge in [-0.2, -0.15) is 0 Å². The van der Waals surface area contributed by atoms with Crippen molar-refractivity contribution in [2.24, 2.45) is 0 Å². The van der Waals surface area contributed by atoms with Gasteiger partial charge in [-0.05, 0) is 43.5 Å². The summed E-state index contributed by atoms with van der Waals surface area (Å²) in [5, 5.41) is 0. The van der Waals surface area contributed by atoms with Gasteiger partial charge < -0.3 is 9.64 Å². The van der Waals surface area contributed by atoms with Crippen LogP contribution in [0.5, 0.6) is 0 Å². The van der Waals surface area contributed by atoms with E-state index in [1.807, 2.05) is 4.90 Å². The zero-order chi connectivity index (χ0) is 13.8. The molecular weight excluding hydrogens is 310 g/mol. The Morgan fingerprint density at radius 2 is 1.84 bits per heavy atom. The molecule has 1 aromatic carbocycles. The van der Waals surface area contributed by atoms with Crippen molar-refractivity contribution in [2.45, 2.75) is 24.2 Å². The number of esters is 1. The van der Waals surface area contributed by atoms with E-state index in [1.54, 1.807) is 24.3 Å². The molecule has 0 aromatic heterocycles. The molecule has 1 fully saturated rings. The molecule has 1 amide bonds. The van der Waals surface area contributed by atoms with Crippen molar-refractivity contribution in [3.63, 3.8) is 0 Å². The fourth-order valence-electron chi connectivity index (χ4n) is 2.15. The van der Waals surface area contributed by atoms with E-state index in [0.717, 1.165) is 25.8 Å². The van der Waals surface area contributed by atoms with E-state index in [1.165, 1.54) is 7.11 Å². The summed E-state index contributed by atoms with van der Waals surface area (Å²) in [7, 11) is 1.34. The average Bonchev–Trinajstić information content (AvgIpc) is 2.46. The summed E-state index contributed by atoms with van der Waals surface area (Å²) in [5.74, 6) is -0.395. The highest BCUT2D eigenvalue weighted by molar-refractivity contribution is 9.09. The number of alkyl halides is 1. The van der Waals surface area contributed by atoms with Crippen molar-refractivity contribution in [1.29, 1.82) is 0 Å². The molecule has 1 heterocycles. The number of carbonyl (C=O) groups excluding carboxylic acids is 2. The van der Waals surface area contributed by atoms with Gasteiger partial charge in [0.25, 0.3) is 5.91 Å². The number of piperidine rings is 1. The molecule has 0 bridgehead atoms. The highest BCUT2D eigenvalue weighted by atomic mass is 79.9. The number of halogens is 1. The predicted molar refractivity (Wildman–Crippen MR) is 75.4 cm³/mol. The number of methoxy groups -OCH3 is 1. The monoisotopic (exact) mass is 325 g/mol. The molecule has 0 N–H and O–H groups in total. The van der Waals surface area contributed by atoms with E-state index < -0.39 is 5.97 Å². The number of nitrogens with zero attached hydrogens (tertiary/aromatic N) is 1. The minimum absolute atomic E-state index is 0.00186. The quantitative estimate of drug-likeness (QED) is 0.477. The van der Waals surface area contributed by atoms with Crippen LogP contribution in [0.2, 0.25) is 0 Å². The van der Waals surface area contributed by atoms with Gasteiger partial charge in [-0.25, -0.2) is 4.79 Å². The first kappa shape index (κ1) is 14.1. The number of amides is 1. The third-order valence-electron chi connectivity index (χ3n) is 3.24. The van der Waals surface area contributed by atoms with Crippen LogP contribution in [0.25, 0.3) is 0 Å². The third-order valence-corrected chi connectivity index (χ3v) is 4.20. The third kappa shape index (κ3) is 3.15. The number of rotatable bonds is 2. The van der Waals surface area contributed by atoms with E-state index in [4.69, 9.17) is 0 Å². The molecule has 19 heavy (non-hydrogen) atoms. The Labute approximate surface area is 120 Å². The Bertz CT molecular complexity index is 472. The molecule has 1 atom stereocenters. The Balaban J connectivity index is 2.13. The summed E-state index contributed by atoms with van der Waals surface area (Å²) in [5.41, 5.74) is 1.05. The molecule has 1 saturated heterocycles. The van der Waals surface area contributed by atoms with Gasteiger partial charge in [-0.1, -0.05) is 15.9 Å². The summed E-state index contributed by atoms with van der Waals surface area (Å²) < 4.78 is 4.63. The lowest BCUT2D eigenvalue weighted by molar-refractivity contribution is 0.0599. The van der Waals surface area contributed by atoms with Crippen LogP contribution in [0.15, 0.2) is 24.3 Å². The van der Waals surface area contributed by atoms with Gasteiger partial charge in [0.2, 0.25) is 0 Å². The van der Waals surface area contributed by atoms with Crippen LogP contribution >= 0.6 is 15.9 Å². The van der Waals surface area contributed by atoms with Gasteiger partial charge in [0.05, 0.1) is 17.6 Å². The second kappa shape index (κ2) is 6.19. The first-order valence-electron chi connectivity index (χ1n) is 6.27. The minimum Gasteiger partial charge on any atom is -0.465 e. The van der Waals surface area contributed by atoms with Crippen LogP contribution < -0.4 is 0 Å². The maximum Gasteiger partial charge on any atom is 0.337 e. The van der Waals surface area contributed by atoms with Crippen LogP contribution in [-0.4, -0.2) is 35.4 Å². The molecular formula is C14H16BrNO3. The van der Waals surface area contributed by atoms with Gasteiger partial charge in [-0.3, -0.25) is 4.79 Å². The Hall–Kier alpha value is -1.36. The molecule has 0 spiro atoms. The SMILES string of the molecule is COC(=O)c1ccc(C(=O)N2CCCCC2Br)cc1. The summed E-state index contributed by atoms with van der Waals surface area (Å²) in [6.45, 7) is 0.771. The van der Waals surface area contributed by atoms with Crippen LogP contribution in [0.4, 0.5) is 0 Å². The topological polar surface area (TPSA) is 46.6 Å². The molecule has 1 unspecified atom stereocenters. The van der Waals surface area contributed by atoms with E-state index in [9.17, 15) is 9.59 Å². The van der Waals surface area contributed by atoms with Crippen molar-refractivity contribution in [3.05, 3.63) is 35.4 Å². The molecule has 4 nitrogen and oxygen atoms in total. The van der Waals surface area contributed by atoms with Crippen molar-refractivity contribution in [1.82, 2.24) is 4.90 Å². The second-order valence-corrected chi connectivity index (χ2v) is 5.55. The molecule has 0 aliphatic carbocycles. The van der Waals surface area contributed by atoms with Crippen molar-refractivity contribution < 1.29 is 14.3 Å². The summed E-state index contributed by atoms with van der Waals surface area (Å²) in [6.07, 6.45) is 3.15. The standard InChI is InChI=1S/C14H16BrNO3/c1-19-14(18)11-7-5-10(6-8-11)13(17)16-9-3-2-4-12(16)15/h5-8,12H,2-4,9H2,1H3. The first-order valence-corrected chi connectivity index (χ1v) is 7.18. The van der Waals surface area contributed by atoms with E-state index in [2.05, 4.69) is 20.7 Å². The lowest BCUT2D eigenvalue weighted by Crippen LogP contribution is -2.40. The van der Waals surface area contributed by atoms with Crippen LogP contribution in [0, 0.1) is 0 Å². The molecule has 1 aliphatic heterocycles. The largest absolute Gasteiger partial charge is 0.465 e. The van der Waals surface area contributed by atoms with Crippen LogP contribution in [0.3, 0.4) is 0 Å². The fourth-order valence-corrected chi connectivity index (χ4v) is 2.87. The Morgan fingerprint density at radius 1 is 1.21 bits per heavy atom. The van der Waals surface area contributed by atoms with Gasteiger partial charge in [0, 0.05) is 12.1 Å². The molecule has 102 valence electrons. The maximum atomic E-state index is 12.3. The van der Waals surface area contributed by atoms with Crippen LogP contribution in [0.1, 0.15) is 40.0 Å². The first-order chi connectivity index (χ1) is 9.13. The highest BCUT2D eigenvalue weighted by Crippen LogP contribution is 2.23. The number of carbonyl (C=O) groups is 2. The molecule has 5 heteroatoms. The minimum atomic E-state index is -0.393. The molecule has 2 rings (SSSR count). The smallest absolute Gasteiger partial charge is 0.337 e. The van der Waals surface area contributed by atoms with Gasteiger partial charge in [0.1, 0.15) is 0 Å². The van der Waals surface area contributed by atoms with E-state index in [0.29, 0.717) is 11.1 Å². The number of hydrogen-bond donors (Lipinski definition) is 0. The summed E-state index contributed by atoms with van der Waals surface area (Å²) in [6, 6.07) is 6.57. The van der Waals surface area contributed by atoms with Crippen molar-refractivity contribution in [3.8, 4) is 0 Å². The summed E-state index contributed by atoms with van der Waals surface area (Å²) >= 11 is 3.53. The molecule has 0 saturated carbocycles. The number of ether oxygens (including phenoxy) is 1. The zero-order valence-corrected chi connectivity index (χ0v) is 12.4. The fraction of sp³-hybridized carbons (Fsp3) is 0.429. The molecule has 1 aromatic rings. The van der Waals surface area contributed by atoms with Gasteiger partial charge in [0.15, 0.2) is 0 Å². The second-order valence-electron chi connectivity index (χ2n) is 4.50. The van der Waals surface area contributed by atoms with Crippen molar-refractivity contribution in [2.75, 3.05) is 13.7 Å². The number of hydrogen-bond acceptors (Lipinski definition) is 3. The van der Waals surface area contributed by atoms with Gasteiger partial charge >= 0.3 is 5.97 Å². The van der Waals surface area contributed by atoms with E-state index >= 15 is 0 Å². The maximum absolute atomic E-state index is 12.3. The molecule has 0 radical (unpaired) electrons. The Kier molecular flexibility index (Phi) is 4.58. The van der Waals surface area contributed by atoms with Crippen LogP contribution in [-0.2, 0) is 4.74 Å². The molecule has 1 aliphatic rings. The highest BCUT2D eigenvalue weighted by Gasteiger charge is 2.25. The predicted octanol–water partition coefficient (Wildman–Crippen LogP) is 2.82. The Morgan fingerprint density at radius 3 is 2.42 bits per heavy atom. The zero-order valence-electron chi connectivity index (χ0n) is 10.8. The van der Waals surface area contributed by atoms with Gasteiger partial charge in [-0.15, -0.1) is 0 Å². The number of likely N-dealkylation sites (tertiary alicyclic amines) is 1. The number of benzene rings is 1. The summed E-state index contributed by atoms with van der Waals surface area (Å²) in [4.78, 5) is 25.6. The normalized spacial score (nSPS) is 19.1.